The zero-order chi connectivity index (χ0) is 38.4. The van der Waals surface area contributed by atoms with Crippen molar-refractivity contribution in [1.82, 2.24) is 9.97 Å². The fourth-order valence-electron chi connectivity index (χ4n) is 7.78. The maximum atomic E-state index is 5.52. The first kappa shape index (κ1) is 36.0. The van der Waals surface area contributed by atoms with E-state index in [0.717, 1.165) is 22.8 Å². The zero-order valence-corrected chi connectivity index (χ0v) is 37.9. The predicted octanol–water partition coefficient (Wildman–Crippen LogP) is 12.3. The molecule has 5 aromatic heterocycles. The van der Waals surface area contributed by atoms with Crippen molar-refractivity contribution >= 4 is 116 Å². The van der Waals surface area contributed by atoms with E-state index >= 15 is 0 Å². The molecule has 12 bridgehead atoms. The van der Waals surface area contributed by atoms with Gasteiger partial charge in [0.1, 0.15) is 0 Å². The van der Waals surface area contributed by atoms with Crippen LogP contribution in [0.1, 0.15) is 22.8 Å². The predicted molar refractivity (Wildman–Crippen MR) is 252 cm³/mol. The van der Waals surface area contributed by atoms with Gasteiger partial charge in [-0.3, -0.25) is 0 Å². The van der Waals surface area contributed by atoms with E-state index in [1.54, 1.807) is 0 Å². The molecule has 11 rings (SSSR count). The molecule has 0 unspecified atom stereocenters. The van der Waals surface area contributed by atoms with Crippen LogP contribution in [0.3, 0.4) is 0 Å². The van der Waals surface area contributed by atoms with E-state index in [-0.39, 0.29) is 58.0 Å². The molecule has 0 radical (unpaired) electrons. The fourth-order valence-corrected chi connectivity index (χ4v) is 18.0. The van der Waals surface area contributed by atoms with Gasteiger partial charge in [-0.2, -0.15) is 0 Å². The Balaban J connectivity index is 1.29. The molecule has 0 spiro atoms. The number of benzene rings is 4. The van der Waals surface area contributed by atoms with E-state index in [4.69, 9.17) is 9.97 Å². The van der Waals surface area contributed by atoms with Crippen molar-refractivity contribution in [3.8, 4) is 44.5 Å². The number of rotatable bonds is 4. The summed E-state index contributed by atoms with van der Waals surface area (Å²) in [5.41, 5.74) is 14.0. The van der Waals surface area contributed by atoms with Gasteiger partial charge in [-0.05, 0) is 0 Å². The maximum absolute atomic E-state index is 5.52. The summed E-state index contributed by atoms with van der Waals surface area (Å²) in [4.78, 5) is 11.0. The molecule has 6 heteroatoms. The Kier molecular flexibility index (Phi) is 9.69. The molecule has 0 aliphatic carbocycles. The van der Waals surface area contributed by atoms with Crippen molar-refractivity contribution in [2.45, 2.75) is 0 Å². The summed E-state index contributed by atoms with van der Waals surface area (Å²) in [5.74, 6) is 0. The molecule has 58 heavy (non-hydrogen) atoms. The number of fused-ring (bicyclic) bond motifs is 14. The first-order chi connectivity index (χ1) is 28.7. The molecule has 0 saturated heterocycles. The van der Waals surface area contributed by atoms with Crippen molar-refractivity contribution in [3.05, 3.63) is 193 Å². The summed E-state index contributed by atoms with van der Waals surface area (Å²) in [5, 5.41) is 0. The van der Waals surface area contributed by atoms with Gasteiger partial charge in [0.15, 0.2) is 0 Å². The third-order valence-electron chi connectivity index (χ3n) is 10.4. The Morgan fingerprint density at radius 1 is 0.224 bits per heavy atom. The first-order valence-corrected chi connectivity index (χ1v) is 26.0. The molecule has 0 saturated carbocycles. The molecule has 9 aromatic rings. The van der Waals surface area contributed by atoms with Crippen LogP contribution in [0.15, 0.2) is 170 Å². The minimum absolute atomic E-state index is 0.126. The summed E-state index contributed by atoms with van der Waals surface area (Å²) < 4.78 is 11.3. The molecule has 2 aliphatic rings. The zero-order valence-electron chi connectivity index (χ0n) is 31.0. The van der Waals surface area contributed by atoms with Crippen LogP contribution >= 0.6 is 0 Å². The van der Waals surface area contributed by atoms with Gasteiger partial charge < -0.3 is 0 Å². The van der Waals surface area contributed by atoms with Crippen molar-refractivity contribution < 1.29 is 0 Å². The van der Waals surface area contributed by atoms with Crippen molar-refractivity contribution in [2.24, 2.45) is 0 Å². The topological polar surface area (TPSA) is 25.8 Å². The third kappa shape index (κ3) is 6.77. The molecular weight excluding hydrogens is 968 g/mol. The van der Waals surface area contributed by atoms with Crippen LogP contribution in [-0.4, -0.2) is 68.0 Å². The average molecular weight is 1000 g/mol. The van der Waals surface area contributed by atoms with Crippen LogP contribution < -0.4 is 0 Å². The normalized spacial score (nSPS) is 12.0. The molecule has 7 heterocycles. The molecule has 0 N–H and O–H groups in total. The average Bonchev–Trinajstić information content (AvgIpc) is 4.13. The standard InChI is InChI=1S/C52H32N2Se4/c1-5-13-33(14-6-1)49-37-21-22-38(53-37)50(34-15-7-2-8-16-34)46-31-27-43(57-46)44-28-32-48(58-44)52(36-19-11-4-12-20-36)40-24-23-39(54-40)51(35-17-9-3-10-18-35)47-30-26-42(56-47)41-25-29-45(49)55-41/h1-32H. The molecule has 2 aliphatic heterocycles. The second-order valence-electron chi connectivity index (χ2n) is 14.1. The summed E-state index contributed by atoms with van der Waals surface area (Å²) in [6.07, 6.45) is 9.01. The second-order valence-corrected chi connectivity index (χ2v) is 23.1. The first-order valence-electron chi connectivity index (χ1n) is 19.1. The molecule has 274 valence electrons. The van der Waals surface area contributed by atoms with Gasteiger partial charge in [-0.25, -0.2) is 0 Å². The van der Waals surface area contributed by atoms with Crippen LogP contribution in [0.25, 0.3) is 103 Å². The number of hydrogen-bond donors (Lipinski definition) is 0. The van der Waals surface area contributed by atoms with Crippen molar-refractivity contribution in [3.63, 3.8) is 0 Å². The Bertz CT molecular complexity index is 2870. The molecule has 0 amide bonds. The number of aromatic nitrogens is 2. The Hall–Kier alpha value is -5.08. The molecule has 0 atom stereocenters. The van der Waals surface area contributed by atoms with Gasteiger partial charge in [0.25, 0.3) is 0 Å². The van der Waals surface area contributed by atoms with Gasteiger partial charge in [-0.15, -0.1) is 0 Å². The van der Waals surface area contributed by atoms with Crippen molar-refractivity contribution in [2.75, 3.05) is 0 Å². The fraction of sp³-hybridized carbons (Fsp3) is 0. The Labute approximate surface area is 360 Å². The summed E-state index contributed by atoms with van der Waals surface area (Å²) in [6, 6.07) is 62.5. The summed E-state index contributed by atoms with van der Waals surface area (Å²) in [7, 11) is 0. The van der Waals surface area contributed by atoms with E-state index in [0.29, 0.717) is 0 Å². The van der Waals surface area contributed by atoms with E-state index in [9.17, 15) is 0 Å². The van der Waals surface area contributed by atoms with Gasteiger partial charge in [0.2, 0.25) is 0 Å². The molecule has 0 fully saturated rings. The Morgan fingerprint density at radius 3 is 0.655 bits per heavy atom. The van der Waals surface area contributed by atoms with E-state index in [1.807, 2.05) is 0 Å². The Morgan fingerprint density at radius 2 is 0.431 bits per heavy atom. The summed E-state index contributed by atoms with van der Waals surface area (Å²) in [6.45, 7) is 0. The minimum atomic E-state index is 0.126. The van der Waals surface area contributed by atoms with Crippen LogP contribution in [-0.2, 0) is 0 Å². The van der Waals surface area contributed by atoms with Gasteiger partial charge in [0.05, 0.1) is 0 Å². The molecule has 4 aromatic carbocycles. The second kappa shape index (κ2) is 15.6. The number of hydrogen-bond acceptors (Lipinski definition) is 2. The number of nitrogens with zero attached hydrogens (tertiary/aromatic N) is 2. The van der Waals surface area contributed by atoms with E-state index in [2.05, 4.69) is 194 Å². The molecular formula is C52H32N2Se4. The van der Waals surface area contributed by atoms with Gasteiger partial charge in [0, 0.05) is 0 Å². The quantitative estimate of drug-likeness (QED) is 0.164. The monoisotopic (exact) mass is 1000 g/mol. The van der Waals surface area contributed by atoms with Gasteiger partial charge >= 0.3 is 364 Å². The van der Waals surface area contributed by atoms with Gasteiger partial charge in [-0.1, -0.05) is 0 Å². The van der Waals surface area contributed by atoms with Crippen LogP contribution in [0.5, 0.6) is 0 Å². The van der Waals surface area contributed by atoms with Crippen LogP contribution in [0.2, 0.25) is 0 Å². The van der Waals surface area contributed by atoms with Crippen molar-refractivity contribution in [1.29, 1.82) is 0 Å². The molecule has 2 nitrogen and oxygen atoms in total. The summed E-state index contributed by atoms with van der Waals surface area (Å²) >= 11 is 0.503. The van der Waals surface area contributed by atoms with E-state index < -0.39 is 0 Å². The van der Waals surface area contributed by atoms with E-state index in [1.165, 1.54) is 78.6 Å². The van der Waals surface area contributed by atoms with Crippen LogP contribution in [0, 0.1) is 0 Å². The third-order valence-corrected chi connectivity index (χ3v) is 21.3. The SMILES string of the molecule is C1=Cc2nc1c(-c1ccccc1)c1ccc([se]1)c1ccc([se]1)c(-c1ccccc1)c1nc(c(-c3ccccc3)c3ccc([se]3)c3ccc([se]3)c2-c2ccccc2)C=C1. The van der Waals surface area contributed by atoms with Crippen LogP contribution in [0.4, 0.5) is 0 Å².